The van der Waals surface area contributed by atoms with Gasteiger partial charge in [-0.2, -0.15) is 10.1 Å². The van der Waals surface area contributed by atoms with Crippen molar-refractivity contribution in [3.05, 3.63) is 83.4 Å². The van der Waals surface area contributed by atoms with E-state index in [1.807, 2.05) is 35.1 Å². The average Bonchev–Trinajstić information content (AvgIpc) is 3.41. The standard InChI is InChI=1S/C22H21N5O/c23-20-4-1-3-16-14-17(7-10-19(16)20)22-25-21(26-28-22)13-15-5-8-18(9-6-15)27-12-2-11-24-27/h2,5-12,14,20H,1,3-4,13,23H2. The van der Waals surface area contributed by atoms with Crippen LogP contribution >= 0.6 is 0 Å². The molecule has 2 aromatic heterocycles. The van der Waals surface area contributed by atoms with Gasteiger partial charge in [0.1, 0.15) is 0 Å². The summed E-state index contributed by atoms with van der Waals surface area (Å²) in [6.07, 6.45) is 7.55. The number of rotatable bonds is 4. The number of benzene rings is 2. The molecule has 5 rings (SSSR count). The van der Waals surface area contributed by atoms with Gasteiger partial charge in [-0.1, -0.05) is 23.4 Å². The summed E-state index contributed by atoms with van der Waals surface area (Å²) in [6, 6.07) is 16.5. The summed E-state index contributed by atoms with van der Waals surface area (Å²) >= 11 is 0. The fourth-order valence-electron chi connectivity index (χ4n) is 3.80. The largest absolute Gasteiger partial charge is 0.334 e. The van der Waals surface area contributed by atoms with E-state index in [1.54, 1.807) is 6.20 Å². The minimum Gasteiger partial charge on any atom is -0.334 e. The molecule has 0 bridgehead atoms. The number of nitrogens with two attached hydrogens (primary N) is 1. The normalized spacial score (nSPS) is 16.1. The van der Waals surface area contributed by atoms with Gasteiger partial charge in [-0.3, -0.25) is 0 Å². The first-order chi connectivity index (χ1) is 13.8. The quantitative estimate of drug-likeness (QED) is 0.589. The molecule has 2 N–H and O–H groups in total. The Hall–Kier alpha value is -3.25. The second kappa shape index (κ2) is 7.05. The van der Waals surface area contributed by atoms with E-state index in [0.29, 0.717) is 18.1 Å². The van der Waals surface area contributed by atoms with E-state index < -0.39 is 0 Å². The lowest BCUT2D eigenvalue weighted by molar-refractivity contribution is 0.424. The highest BCUT2D eigenvalue weighted by Gasteiger charge is 2.18. The maximum Gasteiger partial charge on any atom is 0.257 e. The molecular formula is C22H21N5O. The molecule has 6 heteroatoms. The third-order valence-corrected chi connectivity index (χ3v) is 5.29. The molecule has 0 spiro atoms. The van der Waals surface area contributed by atoms with Crippen molar-refractivity contribution in [3.63, 3.8) is 0 Å². The van der Waals surface area contributed by atoms with Gasteiger partial charge in [-0.15, -0.1) is 0 Å². The van der Waals surface area contributed by atoms with Crippen molar-refractivity contribution in [2.45, 2.75) is 31.7 Å². The molecular weight excluding hydrogens is 350 g/mol. The van der Waals surface area contributed by atoms with Crippen LogP contribution in [0.4, 0.5) is 0 Å². The number of hydrogen-bond donors (Lipinski definition) is 1. The Morgan fingerprint density at radius 2 is 2.04 bits per heavy atom. The average molecular weight is 371 g/mol. The maximum atomic E-state index is 6.21. The molecule has 0 saturated heterocycles. The Labute approximate surface area is 163 Å². The predicted octanol–water partition coefficient (Wildman–Crippen LogP) is 3.85. The van der Waals surface area contributed by atoms with E-state index in [4.69, 9.17) is 10.3 Å². The molecule has 1 unspecified atom stereocenters. The van der Waals surface area contributed by atoms with Crippen molar-refractivity contribution in [1.29, 1.82) is 0 Å². The fourth-order valence-corrected chi connectivity index (χ4v) is 3.80. The molecule has 0 fully saturated rings. The lowest BCUT2D eigenvalue weighted by Gasteiger charge is -2.22. The Kier molecular flexibility index (Phi) is 4.25. The van der Waals surface area contributed by atoms with Crippen molar-refractivity contribution in [1.82, 2.24) is 19.9 Å². The van der Waals surface area contributed by atoms with Crippen LogP contribution in [0.5, 0.6) is 0 Å². The van der Waals surface area contributed by atoms with Gasteiger partial charge >= 0.3 is 0 Å². The van der Waals surface area contributed by atoms with Crippen molar-refractivity contribution < 1.29 is 4.52 Å². The zero-order valence-electron chi connectivity index (χ0n) is 15.5. The van der Waals surface area contributed by atoms with E-state index in [9.17, 15) is 0 Å². The summed E-state index contributed by atoms with van der Waals surface area (Å²) in [5.41, 5.74) is 11.9. The van der Waals surface area contributed by atoms with Crippen LogP contribution < -0.4 is 5.73 Å². The lowest BCUT2D eigenvalue weighted by atomic mass is 9.87. The molecule has 2 heterocycles. The molecule has 0 radical (unpaired) electrons. The van der Waals surface area contributed by atoms with Gasteiger partial charge in [-0.25, -0.2) is 4.68 Å². The minimum absolute atomic E-state index is 0.140. The van der Waals surface area contributed by atoms with Crippen LogP contribution in [0.25, 0.3) is 17.1 Å². The van der Waals surface area contributed by atoms with Crippen molar-refractivity contribution in [2.75, 3.05) is 0 Å². The molecule has 1 aliphatic carbocycles. The van der Waals surface area contributed by atoms with E-state index in [0.717, 1.165) is 36.1 Å². The number of aromatic nitrogens is 4. The SMILES string of the molecule is NC1CCCc2cc(-c3nc(Cc4ccc(-n5cccn5)cc4)no3)ccc21. The van der Waals surface area contributed by atoms with Crippen LogP contribution in [0, 0.1) is 0 Å². The molecule has 0 aliphatic heterocycles. The van der Waals surface area contributed by atoms with Gasteiger partial charge in [0.15, 0.2) is 5.82 Å². The second-order valence-corrected chi connectivity index (χ2v) is 7.22. The summed E-state index contributed by atoms with van der Waals surface area (Å²) in [5, 5.41) is 8.40. The van der Waals surface area contributed by atoms with E-state index in [2.05, 4.69) is 39.5 Å². The number of nitrogens with zero attached hydrogens (tertiary/aromatic N) is 4. The molecule has 4 aromatic rings. The highest BCUT2D eigenvalue weighted by Crippen LogP contribution is 2.31. The smallest absolute Gasteiger partial charge is 0.257 e. The van der Waals surface area contributed by atoms with Gasteiger partial charge in [0.2, 0.25) is 0 Å². The predicted molar refractivity (Wildman–Crippen MR) is 106 cm³/mol. The zero-order chi connectivity index (χ0) is 18.9. The molecule has 0 saturated carbocycles. The summed E-state index contributed by atoms with van der Waals surface area (Å²) in [7, 11) is 0. The number of fused-ring (bicyclic) bond motifs is 1. The highest BCUT2D eigenvalue weighted by molar-refractivity contribution is 5.56. The summed E-state index contributed by atoms with van der Waals surface area (Å²) in [5.74, 6) is 1.24. The third kappa shape index (κ3) is 3.23. The van der Waals surface area contributed by atoms with Gasteiger partial charge in [0, 0.05) is 30.4 Å². The van der Waals surface area contributed by atoms with Crippen LogP contribution in [-0.2, 0) is 12.8 Å². The van der Waals surface area contributed by atoms with Gasteiger partial charge in [0.05, 0.1) is 5.69 Å². The molecule has 2 aromatic carbocycles. The molecule has 140 valence electrons. The molecule has 28 heavy (non-hydrogen) atoms. The van der Waals surface area contributed by atoms with E-state index >= 15 is 0 Å². The molecule has 1 aliphatic rings. The second-order valence-electron chi connectivity index (χ2n) is 7.22. The summed E-state index contributed by atoms with van der Waals surface area (Å²) in [6.45, 7) is 0. The Balaban J connectivity index is 1.34. The van der Waals surface area contributed by atoms with Crippen LogP contribution in [0.2, 0.25) is 0 Å². The van der Waals surface area contributed by atoms with Crippen LogP contribution in [0.1, 0.15) is 41.4 Å². The number of hydrogen-bond acceptors (Lipinski definition) is 5. The Morgan fingerprint density at radius 1 is 1.14 bits per heavy atom. The molecule has 0 amide bonds. The Bertz CT molecular complexity index is 1080. The third-order valence-electron chi connectivity index (χ3n) is 5.29. The van der Waals surface area contributed by atoms with Gasteiger partial charge in [-0.05, 0) is 66.3 Å². The van der Waals surface area contributed by atoms with Crippen molar-refractivity contribution in [2.24, 2.45) is 5.73 Å². The van der Waals surface area contributed by atoms with Crippen LogP contribution in [0.15, 0.2) is 65.4 Å². The molecule has 1 atom stereocenters. The fraction of sp³-hybridized carbons (Fsp3) is 0.227. The highest BCUT2D eigenvalue weighted by atomic mass is 16.5. The number of aryl methyl sites for hydroxylation is 1. The summed E-state index contributed by atoms with van der Waals surface area (Å²) in [4.78, 5) is 4.59. The van der Waals surface area contributed by atoms with Crippen molar-refractivity contribution >= 4 is 0 Å². The maximum absolute atomic E-state index is 6.21. The first-order valence-corrected chi connectivity index (χ1v) is 9.56. The van der Waals surface area contributed by atoms with E-state index in [-0.39, 0.29) is 6.04 Å². The monoisotopic (exact) mass is 371 g/mol. The topological polar surface area (TPSA) is 82.8 Å². The minimum atomic E-state index is 0.140. The van der Waals surface area contributed by atoms with Crippen LogP contribution in [0.3, 0.4) is 0 Å². The first-order valence-electron chi connectivity index (χ1n) is 9.56. The van der Waals surface area contributed by atoms with Crippen molar-refractivity contribution in [3.8, 4) is 17.1 Å². The van der Waals surface area contributed by atoms with E-state index in [1.165, 1.54) is 11.1 Å². The molecule has 6 nitrogen and oxygen atoms in total. The summed E-state index contributed by atoms with van der Waals surface area (Å²) < 4.78 is 7.35. The lowest BCUT2D eigenvalue weighted by Crippen LogP contribution is -2.17. The zero-order valence-corrected chi connectivity index (χ0v) is 15.5. The van der Waals surface area contributed by atoms with Crippen LogP contribution in [-0.4, -0.2) is 19.9 Å². The first kappa shape index (κ1) is 16.9. The van der Waals surface area contributed by atoms with Gasteiger partial charge < -0.3 is 10.3 Å². The van der Waals surface area contributed by atoms with Gasteiger partial charge in [0.25, 0.3) is 5.89 Å². The Morgan fingerprint density at radius 3 is 2.86 bits per heavy atom.